The SMILES string of the molecule is C=C(C)C(=O)OCCCCCCCCCCC.CCCCCCCCCCCCN(C)C.Cl. The second kappa shape index (κ2) is 31.5. The van der Waals surface area contributed by atoms with Gasteiger partial charge >= 0.3 is 5.97 Å². The Labute approximate surface area is 214 Å². The van der Waals surface area contributed by atoms with Crippen molar-refractivity contribution in [2.45, 2.75) is 143 Å². The van der Waals surface area contributed by atoms with E-state index in [4.69, 9.17) is 4.74 Å². The van der Waals surface area contributed by atoms with E-state index in [0.717, 1.165) is 12.8 Å². The first-order valence-electron chi connectivity index (χ1n) is 13.9. The number of carbonyl (C=O) groups excluding carboxylic acids is 1. The molecule has 3 nitrogen and oxygen atoms in total. The molecule has 0 aromatic carbocycles. The molecule has 0 heterocycles. The molecule has 0 aliphatic rings. The number of unbranched alkanes of at least 4 members (excludes halogenated alkanes) is 17. The molecule has 0 aliphatic carbocycles. The van der Waals surface area contributed by atoms with E-state index in [1.807, 2.05) is 0 Å². The van der Waals surface area contributed by atoms with Crippen LogP contribution in [-0.4, -0.2) is 38.1 Å². The fraction of sp³-hybridized carbons (Fsp3) is 0.897. The summed E-state index contributed by atoms with van der Waals surface area (Å²) in [7, 11) is 4.32. The molecule has 0 unspecified atom stereocenters. The van der Waals surface area contributed by atoms with Crippen LogP contribution in [0, 0.1) is 0 Å². The first kappa shape index (κ1) is 37.0. The van der Waals surface area contributed by atoms with E-state index in [1.54, 1.807) is 6.92 Å². The molecule has 33 heavy (non-hydrogen) atoms. The summed E-state index contributed by atoms with van der Waals surface area (Å²) in [6.07, 6.45) is 25.9. The lowest BCUT2D eigenvalue weighted by Gasteiger charge is -2.08. The number of ether oxygens (including phenoxy) is 1. The van der Waals surface area contributed by atoms with Gasteiger partial charge in [-0.15, -0.1) is 12.4 Å². The van der Waals surface area contributed by atoms with Gasteiger partial charge in [0.2, 0.25) is 0 Å². The van der Waals surface area contributed by atoms with E-state index in [1.165, 1.54) is 116 Å². The lowest BCUT2D eigenvalue weighted by atomic mass is 10.1. The third-order valence-electron chi connectivity index (χ3n) is 5.79. The molecule has 0 amide bonds. The fourth-order valence-corrected chi connectivity index (χ4v) is 3.62. The number of esters is 1. The van der Waals surface area contributed by atoms with Crippen molar-refractivity contribution >= 4 is 18.4 Å². The fourth-order valence-electron chi connectivity index (χ4n) is 3.62. The van der Waals surface area contributed by atoms with Crippen LogP contribution in [-0.2, 0) is 9.53 Å². The quantitative estimate of drug-likeness (QED) is 0.0860. The van der Waals surface area contributed by atoms with Crippen LogP contribution in [0.2, 0.25) is 0 Å². The molecular weight excluding hydrogens is 430 g/mol. The number of halogens is 1. The van der Waals surface area contributed by atoms with Gasteiger partial charge in [0.05, 0.1) is 6.61 Å². The Balaban J connectivity index is -0.000000533. The van der Waals surface area contributed by atoms with Crippen LogP contribution in [0.15, 0.2) is 12.2 Å². The van der Waals surface area contributed by atoms with Gasteiger partial charge in [-0.05, 0) is 40.4 Å². The molecular formula is C29H60ClNO2. The third-order valence-corrected chi connectivity index (χ3v) is 5.79. The molecule has 0 aromatic heterocycles. The highest BCUT2D eigenvalue weighted by atomic mass is 35.5. The second-order valence-corrected chi connectivity index (χ2v) is 9.73. The first-order valence-corrected chi connectivity index (χ1v) is 13.9. The van der Waals surface area contributed by atoms with Gasteiger partial charge in [0.15, 0.2) is 0 Å². The van der Waals surface area contributed by atoms with Crippen molar-refractivity contribution in [3.8, 4) is 0 Å². The summed E-state index contributed by atoms with van der Waals surface area (Å²) < 4.78 is 5.02. The lowest BCUT2D eigenvalue weighted by Crippen LogP contribution is -2.12. The van der Waals surface area contributed by atoms with Crippen molar-refractivity contribution in [1.82, 2.24) is 4.90 Å². The number of hydrogen-bond donors (Lipinski definition) is 0. The Morgan fingerprint density at radius 1 is 0.636 bits per heavy atom. The molecule has 0 rings (SSSR count). The summed E-state index contributed by atoms with van der Waals surface area (Å²) in [5.41, 5.74) is 0.487. The predicted molar refractivity (Wildman–Crippen MR) is 151 cm³/mol. The lowest BCUT2D eigenvalue weighted by molar-refractivity contribution is -0.139. The van der Waals surface area contributed by atoms with Gasteiger partial charge in [0.25, 0.3) is 0 Å². The number of rotatable bonds is 22. The summed E-state index contributed by atoms with van der Waals surface area (Å²) >= 11 is 0. The first-order chi connectivity index (χ1) is 15.5. The Bertz CT molecular complexity index is 399. The molecule has 0 aromatic rings. The van der Waals surface area contributed by atoms with Crippen LogP contribution in [0.4, 0.5) is 0 Å². The largest absolute Gasteiger partial charge is 0.462 e. The summed E-state index contributed by atoms with van der Waals surface area (Å²) in [5, 5.41) is 0. The van der Waals surface area contributed by atoms with Crippen LogP contribution < -0.4 is 0 Å². The molecule has 0 radical (unpaired) electrons. The molecule has 0 N–H and O–H groups in total. The number of nitrogens with zero attached hydrogens (tertiary/aromatic N) is 1. The molecule has 0 saturated carbocycles. The Hall–Kier alpha value is -0.540. The summed E-state index contributed by atoms with van der Waals surface area (Å²) in [6, 6.07) is 0. The highest BCUT2D eigenvalue weighted by Crippen LogP contribution is 2.11. The van der Waals surface area contributed by atoms with E-state index in [2.05, 4.69) is 39.4 Å². The second-order valence-electron chi connectivity index (χ2n) is 9.73. The highest BCUT2D eigenvalue weighted by molar-refractivity contribution is 5.86. The zero-order chi connectivity index (χ0) is 24.3. The van der Waals surface area contributed by atoms with Crippen molar-refractivity contribution in [3.63, 3.8) is 0 Å². The van der Waals surface area contributed by atoms with Gasteiger partial charge in [-0.1, -0.05) is 130 Å². The molecule has 0 aliphatic heterocycles. The van der Waals surface area contributed by atoms with Crippen molar-refractivity contribution in [2.75, 3.05) is 27.2 Å². The van der Waals surface area contributed by atoms with Crippen molar-refractivity contribution in [3.05, 3.63) is 12.2 Å². The van der Waals surface area contributed by atoms with Crippen molar-refractivity contribution < 1.29 is 9.53 Å². The zero-order valence-corrected chi connectivity index (χ0v) is 24.0. The normalized spacial score (nSPS) is 10.4. The molecule has 0 spiro atoms. The molecule has 0 fully saturated rings. The Kier molecular flexibility index (Phi) is 35.3. The van der Waals surface area contributed by atoms with Gasteiger partial charge < -0.3 is 9.64 Å². The number of hydrogen-bond acceptors (Lipinski definition) is 3. The maximum Gasteiger partial charge on any atom is 0.333 e. The van der Waals surface area contributed by atoms with Crippen LogP contribution in [0.5, 0.6) is 0 Å². The molecule has 200 valence electrons. The van der Waals surface area contributed by atoms with E-state index < -0.39 is 0 Å². The van der Waals surface area contributed by atoms with Crippen LogP contribution in [0.1, 0.15) is 143 Å². The maximum absolute atomic E-state index is 11.1. The molecule has 4 heteroatoms. The van der Waals surface area contributed by atoms with Gasteiger partial charge in [-0.2, -0.15) is 0 Å². The molecule has 0 bridgehead atoms. The van der Waals surface area contributed by atoms with Crippen molar-refractivity contribution in [2.24, 2.45) is 0 Å². The molecule has 0 saturated heterocycles. The van der Waals surface area contributed by atoms with E-state index >= 15 is 0 Å². The van der Waals surface area contributed by atoms with Gasteiger partial charge in [0.1, 0.15) is 0 Å². The van der Waals surface area contributed by atoms with Crippen LogP contribution in [0.3, 0.4) is 0 Å². The standard InChI is InChI=1S/C15H28O2.C14H31N.ClH/c1-4-5-6-7-8-9-10-11-12-13-17-15(16)14(2)3;1-4-5-6-7-8-9-10-11-12-13-14-15(2)3;/h2,4-13H2,1,3H3;4-14H2,1-3H3;1H. The minimum Gasteiger partial charge on any atom is -0.462 e. The van der Waals surface area contributed by atoms with Crippen molar-refractivity contribution in [1.29, 1.82) is 0 Å². The predicted octanol–water partition coefficient (Wildman–Crippen LogP) is 9.53. The minimum atomic E-state index is -0.260. The van der Waals surface area contributed by atoms with Gasteiger partial charge in [-0.3, -0.25) is 0 Å². The Morgan fingerprint density at radius 2 is 0.970 bits per heavy atom. The highest BCUT2D eigenvalue weighted by Gasteiger charge is 2.01. The average molecular weight is 490 g/mol. The summed E-state index contributed by atoms with van der Waals surface area (Å²) in [4.78, 5) is 13.3. The van der Waals surface area contributed by atoms with Crippen LogP contribution >= 0.6 is 12.4 Å². The zero-order valence-electron chi connectivity index (χ0n) is 23.2. The van der Waals surface area contributed by atoms with E-state index in [-0.39, 0.29) is 18.4 Å². The van der Waals surface area contributed by atoms with Gasteiger partial charge in [-0.25, -0.2) is 4.79 Å². The average Bonchev–Trinajstić information content (AvgIpc) is 2.76. The smallest absolute Gasteiger partial charge is 0.333 e. The maximum atomic E-state index is 11.1. The van der Waals surface area contributed by atoms with Gasteiger partial charge in [0, 0.05) is 5.57 Å². The summed E-state index contributed by atoms with van der Waals surface area (Å²) in [6.45, 7) is 11.6. The third kappa shape index (κ3) is 36.2. The summed E-state index contributed by atoms with van der Waals surface area (Å²) in [5.74, 6) is -0.260. The van der Waals surface area contributed by atoms with Crippen LogP contribution in [0.25, 0.3) is 0 Å². The molecule has 0 atom stereocenters. The Morgan fingerprint density at radius 3 is 1.30 bits per heavy atom. The minimum absolute atomic E-state index is 0. The topological polar surface area (TPSA) is 29.5 Å². The monoisotopic (exact) mass is 489 g/mol. The van der Waals surface area contributed by atoms with E-state index in [0.29, 0.717) is 12.2 Å². The number of carbonyl (C=O) groups is 1. The van der Waals surface area contributed by atoms with E-state index in [9.17, 15) is 4.79 Å².